The second kappa shape index (κ2) is 15.0. The molecular formula is C56H39N. The van der Waals surface area contributed by atoms with Crippen LogP contribution in [0.15, 0.2) is 237 Å². The van der Waals surface area contributed by atoms with Crippen LogP contribution in [0.25, 0.3) is 77.2 Å². The molecule has 10 aromatic carbocycles. The molecule has 0 spiro atoms. The van der Waals surface area contributed by atoms with Crippen molar-refractivity contribution in [3.8, 4) is 55.6 Å². The maximum atomic E-state index is 2.44. The normalized spacial score (nSPS) is 11.2. The lowest BCUT2D eigenvalue weighted by Crippen LogP contribution is -2.12. The fraction of sp³-hybridized carbons (Fsp3) is 0. The first-order valence-electron chi connectivity index (χ1n) is 19.6. The van der Waals surface area contributed by atoms with Gasteiger partial charge in [0.15, 0.2) is 0 Å². The first-order valence-corrected chi connectivity index (χ1v) is 19.6. The van der Waals surface area contributed by atoms with Crippen molar-refractivity contribution < 1.29 is 0 Å². The first kappa shape index (κ1) is 34.0. The third kappa shape index (κ3) is 6.36. The molecule has 0 bridgehead atoms. The van der Waals surface area contributed by atoms with Crippen molar-refractivity contribution in [3.05, 3.63) is 237 Å². The largest absolute Gasteiger partial charge is 0.309 e. The molecule has 0 saturated heterocycles. The van der Waals surface area contributed by atoms with Crippen molar-refractivity contribution in [1.29, 1.82) is 0 Å². The second-order valence-electron chi connectivity index (χ2n) is 14.4. The minimum Gasteiger partial charge on any atom is -0.309 e. The maximum Gasteiger partial charge on any atom is 0.0540 e. The van der Waals surface area contributed by atoms with Gasteiger partial charge in [-0.1, -0.05) is 206 Å². The van der Waals surface area contributed by atoms with Gasteiger partial charge in [0.05, 0.1) is 11.4 Å². The van der Waals surface area contributed by atoms with E-state index in [2.05, 4.69) is 241 Å². The number of benzene rings is 10. The van der Waals surface area contributed by atoms with E-state index < -0.39 is 0 Å². The van der Waals surface area contributed by atoms with Crippen LogP contribution >= 0.6 is 0 Å². The zero-order valence-corrected chi connectivity index (χ0v) is 31.5. The highest BCUT2D eigenvalue weighted by Gasteiger charge is 2.22. The van der Waals surface area contributed by atoms with Crippen LogP contribution in [0, 0.1) is 0 Å². The van der Waals surface area contributed by atoms with E-state index in [0.29, 0.717) is 0 Å². The lowest BCUT2D eigenvalue weighted by molar-refractivity contribution is 1.28. The smallest absolute Gasteiger partial charge is 0.0540 e. The van der Waals surface area contributed by atoms with E-state index in [1.165, 1.54) is 71.6 Å². The Labute approximate surface area is 334 Å². The van der Waals surface area contributed by atoms with Gasteiger partial charge in [-0.2, -0.15) is 0 Å². The molecule has 0 aliphatic heterocycles. The molecule has 0 atom stereocenters. The molecule has 10 aromatic rings. The van der Waals surface area contributed by atoms with Crippen LogP contribution in [-0.2, 0) is 0 Å². The Bertz CT molecular complexity index is 3000. The summed E-state index contributed by atoms with van der Waals surface area (Å²) >= 11 is 0. The molecule has 0 amide bonds. The lowest BCUT2D eigenvalue weighted by atomic mass is 9.88. The van der Waals surface area contributed by atoms with Gasteiger partial charge in [0, 0.05) is 16.8 Å². The van der Waals surface area contributed by atoms with Crippen LogP contribution in [0.2, 0.25) is 0 Å². The van der Waals surface area contributed by atoms with Crippen LogP contribution in [-0.4, -0.2) is 0 Å². The zero-order valence-electron chi connectivity index (χ0n) is 31.5. The number of rotatable bonds is 8. The molecule has 0 unspecified atom stereocenters. The zero-order chi connectivity index (χ0) is 38.0. The van der Waals surface area contributed by atoms with Crippen molar-refractivity contribution in [1.82, 2.24) is 0 Å². The van der Waals surface area contributed by atoms with Crippen LogP contribution in [0.1, 0.15) is 0 Å². The Balaban J connectivity index is 1.17. The molecule has 1 heteroatoms. The Morgan fingerprint density at radius 2 is 0.632 bits per heavy atom. The maximum absolute atomic E-state index is 2.44. The summed E-state index contributed by atoms with van der Waals surface area (Å²) in [5.41, 5.74) is 15.2. The minimum absolute atomic E-state index is 1.09. The van der Waals surface area contributed by atoms with Crippen molar-refractivity contribution >= 4 is 38.6 Å². The van der Waals surface area contributed by atoms with E-state index in [1.807, 2.05) is 0 Å². The highest BCUT2D eigenvalue weighted by molar-refractivity contribution is 6.14. The SMILES string of the molecule is c1ccc(-c2ccccc2-c2ccccc2-c2ccccc2N(c2ccc(-c3cc4ccccc4c4ccccc34)cc2)c2ccccc2-c2ccccc2)cc1. The summed E-state index contributed by atoms with van der Waals surface area (Å²) < 4.78 is 0. The van der Waals surface area contributed by atoms with Gasteiger partial charge in [-0.05, 0) is 96.4 Å². The number of fused-ring (bicyclic) bond motifs is 3. The van der Waals surface area contributed by atoms with Gasteiger partial charge in [0.2, 0.25) is 0 Å². The van der Waals surface area contributed by atoms with Crippen molar-refractivity contribution in [2.45, 2.75) is 0 Å². The summed E-state index contributed by atoms with van der Waals surface area (Å²) in [5.74, 6) is 0. The van der Waals surface area contributed by atoms with Crippen molar-refractivity contribution in [2.24, 2.45) is 0 Å². The van der Waals surface area contributed by atoms with Crippen molar-refractivity contribution in [2.75, 3.05) is 4.90 Å². The number of nitrogens with zero attached hydrogens (tertiary/aromatic N) is 1. The van der Waals surface area contributed by atoms with Gasteiger partial charge in [0.25, 0.3) is 0 Å². The van der Waals surface area contributed by atoms with E-state index in [1.54, 1.807) is 0 Å². The number of hydrogen-bond acceptors (Lipinski definition) is 1. The Hall–Kier alpha value is -7.48. The summed E-state index contributed by atoms with van der Waals surface area (Å²) in [7, 11) is 0. The van der Waals surface area contributed by atoms with Gasteiger partial charge in [-0.15, -0.1) is 0 Å². The summed E-state index contributed by atoms with van der Waals surface area (Å²) in [5, 5.41) is 5.05. The van der Waals surface area contributed by atoms with Gasteiger partial charge < -0.3 is 4.90 Å². The number of hydrogen-bond donors (Lipinski definition) is 0. The van der Waals surface area contributed by atoms with Gasteiger partial charge in [0.1, 0.15) is 0 Å². The molecule has 0 fully saturated rings. The molecular weight excluding hydrogens is 687 g/mol. The molecule has 0 saturated carbocycles. The van der Waals surface area contributed by atoms with E-state index >= 15 is 0 Å². The van der Waals surface area contributed by atoms with Gasteiger partial charge in [-0.25, -0.2) is 0 Å². The summed E-state index contributed by atoms with van der Waals surface area (Å²) in [6.07, 6.45) is 0. The summed E-state index contributed by atoms with van der Waals surface area (Å²) in [4.78, 5) is 2.44. The van der Waals surface area contributed by atoms with Crippen molar-refractivity contribution in [3.63, 3.8) is 0 Å². The third-order valence-electron chi connectivity index (χ3n) is 11.1. The van der Waals surface area contributed by atoms with Crippen LogP contribution in [0.3, 0.4) is 0 Å². The minimum atomic E-state index is 1.09. The van der Waals surface area contributed by atoms with E-state index in [-0.39, 0.29) is 0 Å². The lowest BCUT2D eigenvalue weighted by Gasteiger charge is -2.30. The summed E-state index contributed by atoms with van der Waals surface area (Å²) in [6.45, 7) is 0. The van der Waals surface area contributed by atoms with E-state index in [0.717, 1.165) is 22.6 Å². The predicted molar refractivity (Wildman–Crippen MR) is 243 cm³/mol. The Morgan fingerprint density at radius 1 is 0.228 bits per heavy atom. The van der Waals surface area contributed by atoms with E-state index in [9.17, 15) is 0 Å². The van der Waals surface area contributed by atoms with Gasteiger partial charge >= 0.3 is 0 Å². The molecule has 0 N–H and O–H groups in total. The molecule has 268 valence electrons. The molecule has 57 heavy (non-hydrogen) atoms. The number of anilines is 3. The molecule has 1 nitrogen and oxygen atoms in total. The molecule has 0 radical (unpaired) electrons. The third-order valence-corrected chi connectivity index (χ3v) is 11.1. The average Bonchev–Trinajstić information content (AvgIpc) is 3.30. The Morgan fingerprint density at radius 3 is 1.28 bits per heavy atom. The first-order chi connectivity index (χ1) is 28.3. The number of para-hydroxylation sites is 2. The topological polar surface area (TPSA) is 3.24 Å². The van der Waals surface area contributed by atoms with Crippen LogP contribution in [0.4, 0.5) is 17.1 Å². The fourth-order valence-corrected chi connectivity index (χ4v) is 8.46. The van der Waals surface area contributed by atoms with E-state index in [4.69, 9.17) is 0 Å². The molecule has 0 aliphatic carbocycles. The van der Waals surface area contributed by atoms with Crippen LogP contribution in [0.5, 0.6) is 0 Å². The predicted octanol–water partition coefficient (Wildman–Crippen LogP) is 15.8. The van der Waals surface area contributed by atoms with Crippen LogP contribution < -0.4 is 4.90 Å². The Kier molecular flexibility index (Phi) is 8.95. The molecule has 0 aliphatic rings. The molecule has 10 rings (SSSR count). The fourth-order valence-electron chi connectivity index (χ4n) is 8.46. The second-order valence-corrected chi connectivity index (χ2v) is 14.4. The van der Waals surface area contributed by atoms with Gasteiger partial charge in [-0.3, -0.25) is 0 Å². The quantitative estimate of drug-likeness (QED) is 0.141. The molecule has 0 heterocycles. The molecule has 0 aromatic heterocycles. The highest BCUT2D eigenvalue weighted by Crippen LogP contribution is 2.47. The highest BCUT2D eigenvalue weighted by atomic mass is 15.1. The standard InChI is InChI=1S/C56H39N/c1-3-19-40(20-4-1)45-24-9-10-27-48(45)50-29-12-13-30-51(50)53-32-16-18-34-56(53)57(55-33-17-15-26-47(55)41-21-5-2-6-22-41)44-37-35-42(36-38-44)54-39-43-23-7-8-25-46(43)49-28-11-14-31-52(49)54/h1-39H. The average molecular weight is 726 g/mol. The monoisotopic (exact) mass is 725 g/mol. The summed E-state index contributed by atoms with van der Waals surface area (Å²) in [6, 6.07) is 85.6.